The second-order valence-corrected chi connectivity index (χ2v) is 4.50. The van der Waals surface area contributed by atoms with Crippen molar-refractivity contribution in [3.63, 3.8) is 0 Å². The Morgan fingerprint density at radius 2 is 2.35 bits per heavy atom. The van der Waals surface area contributed by atoms with Gasteiger partial charge in [0.1, 0.15) is 0 Å². The first-order valence-electron chi connectivity index (χ1n) is 6.03. The van der Waals surface area contributed by atoms with Gasteiger partial charge in [0.2, 0.25) is 0 Å². The van der Waals surface area contributed by atoms with Crippen molar-refractivity contribution < 1.29 is 0 Å². The quantitative estimate of drug-likeness (QED) is 0.863. The zero-order chi connectivity index (χ0) is 11.5. The van der Waals surface area contributed by atoms with E-state index in [2.05, 4.69) is 25.9 Å². The van der Waals surface area contributed by atoms with Crippen LogP contribution in [0.3, 0.4) is 0 Å². The fourth-order valence-corrected chi connectivity index (χ4v) is 2.40. The second kappa shape index (κ2) is 4.67. The van der Waals surface area contributed by atoms with Crippen LogP contribution in [0, 0.1) is 0 Å². The molecule has 0 aromatic carbocycles. The van der Waals surface area contributed by atoms with Gasteiger partial charge in [-0.25, -0.2) is 4.98 Å². The molecule has 4 nitrogen and oxygen atoms in total. The summed E-state index contributed by atoms with van der Waals surface area (Å²) < 4.78 is 2.23. The van der Waals surface area contributed by atoms with Crippen LogP contribution < -0.4 is 5.32 Å². The summed E-state index contributed by atoms with van der Waals surface area (Å²) in [6.07, 6.45) is 8.84. The average molecular weight is 228 g/mol. The van der Waals surface area contributed by atoms with Crippen LogP contribution in [0.2, 0.25) is 0 Å². The third-order valence-corrected chi connectivity index (χ3v) is 3.30. The van der Waals surface area contributed by atoms with E-state index in [0.29, 0.717) is 5.92 Å². The van der Waals surface area contributed by atoms with E-state index in [1.165, 1.54) is 17.7 Å². The summed E-state index contributed by atoms with van der Waals surface area (Å²) >= 11 is 0. The maximum atomic E-state index is 4.28. The molecule has 3 rings (SSSR count). The minimum Gasteiger partial charge on any atom is -0.330 e. The molecule has 2 aromatic heterocycles. The Bertz CT molecular complexity index is 471. The standard InChI is InChI=1S/C13H16N4/c1-2-11(6-14-4-1)9-17-10-16-8-13(17)12-3-5-15-7-12/h1-2,4,6,8,10,12,15H,3,5,7,9H2. The van der Waals surface area contributed by atoms with E-state index in [1.54, 1.807) is 6.20 Å². The Labute approximate surface area is 101 Å². The van der Waals surface area contributed by atoms with Crippen molar-refractivity contribution in [1.82, 2.24) is 19.9 Å². The average Bonchev–Trinajstić information content (AvgIpc) is 3.00. The van der Waals surface area contributed by atoms with Crippen molar-refractivity contribution >= 4 is 0 Å². The van der Waals surface area contributed by atoms with Gasteiger partial charge < -0.3 is 9.88 Å². The molecule has 2 aromatic rings. The zero-order valence-corrected chi connectivity index (χ0v) is 9.71. The maximum absolute atomic E-state index is 4.28. The summed E-state index contributed by atoms with van der Waals surface area (Å²) in [7, 11) is 0. The molecule has 1 aliphatic rings. The van der Waals surface area contributed by atoms with Crippen LogP contribution in [0.25, 0.3) is 0 Å². The first kappa shape index (κ1) is 10.5. The molecule has 1 N–H and O–H groups in total. The minimum absolute atomic E-state index is 0.606. The van der Waals surface area contributed by atoms with Gasteiger partial charge in [0.15, 0.2) is 0 Å². The third-order valence-electron chi connectivity index (χ3n) is 3.30. The predicted molar refractivity (Wildman–Crippen MR) is 65.8 cm³/mol. The molecule has 0 amide bonds. The SMILES string of the molecule is c1cncc(Cn2cncc2C2CCNC2)c1. The summed E-state index contributed by atoms with van der Waals surface area (Å²) in [6.45, 7) is 3.04. The number of pyridine rings is 1. The molecule has 88 valence electrons. The lowest BCUT2D eigenvalue weighted by atomic mass is 10.1. The largest absolute Gasteiger partial charge is 0.330 e. The number of nitrogens with one attached hydrogen (secondary N) is 1. The number of aromatic nitrogens is 3. The number of hydrogen-bond donors (Lipinski definition) is 1. The molecule has 0 bridgehead atoms. The fraction of sp³-hybridized carbons (Fsp3) is 0.385. The van der Waals surface area contributed by atoms with E-state index in [4.69, 9.17) is 0 Å². The van der Waals surface area contributed by atoms with E-state index < -0.39 is 0 Å². The molecule has 0 spiro atoms. The van der Waals surface area contributed by atoms with Crippen molar-refractivity contribution in [3.8, 4) is 0 Å². The molecule has 0 radical (unpaired) electrons. The summed E-state index contributed by atoms with van der Waals surface area (Å²) in [5, 5.41) is 3.40. The second-order valence-electron chi connectivity index (χ2n) is 4.50. The number of nitrogens with zero attached hydrogens (tertiary/aromatic N) is 3. The van der Waals surface area contributed by atoms with Crippen molar-refractivity contribution in [2.24, 2.45) is 0 Å². The fourth-order valence-electron chi connectivity index (χ4n) is 2.40. The van der Waals surface area contributed by atoms with Crippen LogP contribution >= 0.6 is 0 Å². The Morgan fingerprint density at radius 1 is 1.35 bits per heavy atom. The molecule has 17 heavy (non-hydrogen) atoms. The normalized spacial score (nSPS) is 19.6. The molecule has 1 aliphatic heterocycles. The number of imidazole rings is 1. The molecule has 0 saturated carbocycles. The monoisotopic (exact) mass is 228 g/mol. The van der Waals surface area contributed by atoms with E-state index in [0.717, 1.165) is 19.6 Å². The van der Waals surface area contributed by atoms with Gasteiger partial charge in [0.25, 0.3) is 0 Å². The maximum Gasteiger partial charge on any atom is 0.0951 e. The van der Waals surface area contributed by atoms with Gasteiger partial charge >= 0.3 is 0 Å². The zero-order valence-electron chi connectivity index (χ0n) is 9.71. The topological polar surface area (TPSA) is 42.7 Å². The summed E-state index contributed by atoms with van der Waals surface area (Å²) in [5.41, 5.74) is 2.55. The van der Waals surface area contributed by atoms with Gasteiger partial charge in [-0.2, -0.15) is 0 Å². The lowest BCUT2D eigenvalue weighted by molar-refractivity contribution is 0.653. The van der Waals surface area contributed by atoms with Gasteiger partial charge in [0.05, 0.1) is 12.9 Å². The third kappa shape index (κ3) is 2.22. The van der Waals surface area contributed by atoms with Gasteiger partial charge in [-0.15, -0.1) is 0 Å². The highest BCUT2D eigenvalue weighted by molar-refractivity contribution is 5.14. The number of hydrogen-bond acceptors (Lipinski definition) is 3. The molecular weight excluding hydrogens is 212 g/mol. The van der Waals surface area contributed by atoms with Crippen molar-refractivity contribution in [2.75, 3.05) is 13.1 Å². The van der Waals surface area contributed by atoms with Gasteiger partial charge in [-0.3, -0.25) is 4.98 Å². The Morgan fingerprint density at radius 3 is 3.12 bits per heavy atom. The first-order valence-corrected chi connectivity index (χ1v) is 6.03. The summed E-state index contributed by atoms with van der Waals surface area (Å²) in [5.74, 6) is 0.606. The van der Waals surface area contributed by atoms with Crippen LogP contribution in [-0.2, 0) is 6.54 Å². The number of rotatable bonds is 3. The van der Waals surface area contributed by atoms with Crippen LogP contribution in [0.5, 0.6) is 0 Å². The Kier molecular flexibility index (Phi) is 2.88. The van der Waals surface area contributed by atoms with Crippen LogP contribution in [0.15, 0.2) is 37.1 Å². The molecule has 1 fully saturated rings. The van der Waals surface area contributed by atoms with Crippen LogP contribution in [0.4, 0.5) is 0 Å². The van der Waals surface area contributed by atoms with Crippen molar-refractivity contribution in [3.05, 3.63) is 48.3 Å². The van der Waals surface area contributed by atoms with E-state index >= 15 is 0 Å². The Hall–Kier alpha value is -1.68. The smallest absolute Gasteiger partial charge is 0.0951 e. The molecule has 1 unspecified atom stereocenters. The van der Waals surface area contributed by atoms with E-state index in [1.807, 2.05) is 24.8 Å². The van der Waals surface area contributed by atoms with Gasteiger partial charge in [-0.1, -0.05) is 6.07 Å². The van der Waals surface area contributed by atoms with Crippen molar-refractivity contribution in [2.45, 2.75) is 18.9 Å². The van der Waals surface area contributed by atoms with Gasteiger partial charge in [0, 0.05) is 36.7 Å². The first-order chi connectivity index (χ1) is 8.43. The molecule has 1 atom stereocenters. The van der Waals surface area contributed by atoms with Crippen LogP contribution in [-0.4, -0.2) is 27.6 Å². The van der Waals surface area contributed by atoms with Crippen molar-refractivity contribution in [1.29, 1.82) is 0 Å². The minimum atomic E-state index is 0.606. The molecule has 0 aliphatic carbocycles. The van der Waals surface area contributed by atoms with E-state index in [-0.39, 0.29) is 0 Å². The van der Waals surface area contributed by atoms with E-state index in [9.17, 15) is 0 Å². The summed E-state index contributed by atoms with van der Waals surface area (Å²) in [6, 6.07) is 4.08. The lowest BCUT2D eigenvalue weighted by Gasteiger charge is -2.12. The van der Waals surface area contributed by atoms with Crippen LogP contribution in [0.1, 0.15) is 23.6 Å². The Balaban J connectivity index is 1.81. The predicted octanol–water partition coefficient (Wildman–Crippen LogP) is 1.40. The lowest BCUT2D eigenvalue weighted by Crippen LogP contribution is -2.12. The molecule has 1 saturated heterocycles. The highest BCUT2D eigenvalue weighted by atomic mass is 15.1. The summed E-state index contributed by atoms with van der Waals surface area (Å²) in [4.78, 5) is 8.42. The molecular formula is C13H16N4. The highest BCUT2D eigenvalue weighted by Gasteiger charge is 2.19. The van der Waals surface area contributed by atoms with Gasteiger partial charge in [-0.05, 0) is 24.6 Å². The molecule has 4 heteroatoms. The highest BCUT2D eigenvalue weighted by Crippen LogP contribution is 2.22. The molecule has 3 heterocycles.